The normalized spacial score (nSPS) is 11.6. The van der Waals surface area contributed by atoms with Gasteiger partial charge in [-0.1, -0.05) is 0 Å². The first-order valence-electron chi connectivity index (χ1n) is 5.89. The number of hydrogen-bond acceptors (Lipinski definition) is 5. The van der Waals surface area contributed by atoms with Crippen LogP contribution >= 0.6 is 0 Å². The van der Waals surface area contributed by atoms with Crippen LogP contribution in [-0.4, -0.2) is 23.2 Å². The number of nitrogens with zero attached hydrogens (tertiary/aromatic N) is 3. The van der Waals surface area contributed by atoms with E-state index in [0.717, 1.165) is 0 Å². The van der Waals surface area contributed by atoms with E-state index in [9.17, 15) is 8.42 Å². The molecule has 7 nitrogen and oxygen atoms in total. The minimum atomic E-state index is -3.73. The molecule has 0 amide bonds. The van der Waals surface area contributed by atoms with Gasteiger partial charge in [0.2, 0.25) is 10.0 Å². The highest BCUT2D eigenvalue weighted by Crippen LogP contribution is 2.25. The molecule has 20 heavy (non-hydrogen) atoms. The molecule has 0 unspecified atom stereocenters. The average molecular weight is 296 g/mol. The second-order valence-electron chi connectivity index (χ2n) is 4.52. The van der Waals surface area contributed by atoms with E-state index >= 15 is 0 Å². The van der Waals surface area contributed by atoms with E-state index in [2.05, 4.69) is 10.1 Å². The lowest BCUT2D eigenvalue weighted by Gasteiger charge is -2.11. The Morgan fingerprint density at radius 1 is 1.30 bits per heavy atom. The van der Waals surface area contributed by atoms with E-state index in [1.54, 1.807) is 37.7 Å². The molecule has 0 saturated heterocycles. The summed E-state index contributed by atoms with van der Waals surface area (Å²) in [4.78, 5) is 4.19. The molecule has 1 aromatic heterocycles. The lowest BCUT2D eigenvalue weighted by molar-refractivity contribution is 0.289. The standard InChI is InChI=1S/C12H16N4O3S/c1-8-4-10(5-9(2)12(8)20(13,17)18)19-6-11-14-7-15-16(11)3/h4-5,7H,6H2,1-3H3,(H2,13,17,18). The maximum absolute atomic E-state index is 11.5. The topological polar surface area (TPSA) is 100 Å². The summed E-state index contributed by atoms with van der Waals surface area (Å²) in [6.07, 6.45) is 1.44. The predicted molar refractivity (Wildman–Crippen MR) is 72.6 cm³/mol. The molecule has 1 heterocycles. The molecule has 0 fully saturated rings. The van der Waals surface area contributed by atoms with E-state index in [0.29, 0.717) is 22.7 Å². The van der Waals surface area contributed by atoms with Gasteiger partial charge in [0.05, 0.1) is 4.90 Å². The van der Waals surface area contributed by atoms with Crippen molar-refractivity contribution in [1.29, 1.82) is 0 Å². The van der Waals surface area contributed by atoms with Gasteiger partial charge in [0, 0.05) is 7.05 Å². The third kappa shape index (κ3) is 2.97. The Bertz CT molecular complexity index is 714. The van der Waals surface area contributed by atoms with Gasteiger partial charge in [-0.05, 0) is 37.1 Å². The number of hydrogen-bond donors (Lipinski definition) is 1. The summed E-state index contributed by atoms with van der Waals surface area (Å²) in [5.74, 6) is 1.24. The highest BCUT2D eigenvalue weighted by atomic mass is 32.2. The summed E-state index contributed by atoms with van der Waals surface area (Å²) < 4.78 is 30.2. The smallest absolute Gasteiger partial charge is 0.238 e. The molecule has 1 aromatic carbocycles. The summed E-state index contributed by atoms with van der Waals surface area (Å²) in [5.41, 5.74) is 1.11. The summed E-state index contributed by atoms with van der Waals surface area (Å²) in [6.45, 7) is 3.62. The lowest BCUT2D eigenvalue weighted by atomic mass is 10.1. The zero-order valence-electron chi connectivity index (χ0n) is 11.5. The van der Waals surface area contributed by atoms with Gasteiger partial charge in [0.15, 0.2) is 5.82 Å². The first-order valence-corrected chi connectivity index (χ1v) is 7.43. The summed E-state index contributed by atoms with van der Waals surface area (Å²) in [7, 11) is -1.96. The van der Waals surface area contributed by atoms with Gasteiger partial charge in [-0.3, -0.25) is 4.68 Å². The monoisotopic (exact) mass is 296 g/mol. The van der Waals surface area contributed by atoms with Crippen LogP contribution in [0.5, 0.6) is 5.75 Å². The molecule has 0 saturated carbocycles. The molecular formula is C12H16N4O3S. The Labute approximate surface area is 117 Å². The number of benzene rings is 1. The van der Waals surface area contributed by atoms with E-state index < -0.39 is 10.0 Å². The van der Waals surface area contributed by atoms with Crippen molar-refractivity contribution < 1.29 is 13.2 Å². The number of ether oxygens (including phenoxy) is 1. The Balaban J connectivity index is 2.25. The van der Waals surface area contributed by atoms with Gasteiger partial charge < -0.3 is 4.74 Å². The molecule has 2 rings (SSSR count). The van der Waals surface area contributed by atoms with Crippen LogP contribution < -0.4 is 9.88 Å². The Morgan fingerprint density at radius 2 is 1.90 bits per heavy atom. The van der Waals surface area contributed by atoms with Crippen molar-refractivity contribution in [2.75, 3.05) is 0 Å². The van der Waals surface area contributed by atoms with Crippen LogP contribution in [0.4, 0.5) is 0 Å². The second kappa shape index (κ2) is 5.22. The second-order valence-corrected chi connectivity index (χ2v) is 6.02. The van der Waals surface area contributed by atoms with Crippen molar-refractivity contribution in [3.05, 3.63) is 35.4 Å². The Morgan fingerprint density at radius 3 is 2.35 bits per heavy atom. The third-order valence-electron chi connectivity index (χ3n) is 2.89. The number of sulfonamides is 1. The fourth-order valence-electron chi connectivity index (χ4n) is 2.04. The highest BCUT2D eigenvalue weighted by molar-refractivity contribution is 7.89. The minimum Gasteiger partial charge on any atom is -0.486 e. The number of primary sulfonamides is 1. The Kier molecular flexibility index (Phi) is 3.78. The van der Waals surface area contributed by atoms with Crippen molar-refractivity contribution in [2.45, 2.75) is 25.3 Å². The van der Waals surface area contributed by atoms with Gasteiger partial charge in [0.1, 0.15) is 18.7 Å². The van der Waals surface area contributed by atoms with Crippen LogP contribution in [0.2, 0.25) is 0 Å². The van der Waals surface area contributed by atoms with E-state index in [1.807, 2.05) is 0 Å². The molecule has 2 aromatic rings. The molecule has 8 heteroatoms. The van der Waals surface area contributed by atoms with Crippen molar-refractivity contribution in [1.82, 2.24) is 14.8 Å². The van der Waals surface area contributed by atoms with Crippen LogP contribution in [0.1, 0.15) is 17.0 Å². The molecule has 0 atom stereocenters. The summed E-state index contributed by atoms with van der Waals surface area (Å²) in [5, 5.41) is 9.13. The van der Waals surface area contributed by atoms with Crippen LogP contribution in [-0.2, 0) is 23.7 Å². The zero-order valence-corrected chi connectivity index (χ0v) is 12.3. The van der Waals surface area contributed by atoms with E-state index in [1.165, 1.54) is 6.33 Å². The third-order valence-corrected chi connectivity index (χ3v) is 4.10. The van der Waals surface area contributed by atoms with Crippen molar-refractivity contribution in [3.63, 3.8) is 0 Å². The number of nitrogens with two attached hydrogens (primary N) is 1. The average Bonchev–Trinajstić information content (AvgIpc) is 2.69. The molecule has 0 bridgehead atoms. The van der Waals surface area contributed by atoms with Crippen LogP contribution in [0.15, 0.2) is 23.4 Å². The van der Waals surface area contributed by atoms with Gasteiger partial charge >= 0.3 is 0 Å². The molecular weight excluding hydrogens is 280 g/mol. The predicted octanol–water partition coefficient (Wildman–Crippen LogP) is 0.658. The number of rotatable bonds is 4. The highest BCUT2D eigenvalue weighted by Gasteiger charge is 2.16. The molecule has 0 aliphatic heterocycles. The van der Waals surface area contributed by atoms with E-state index in [4.69, 9.17) is 9.88 Å². The Hall–Kier alpha value is -1.93. The van der Waals surface area contributed by atoms with Crippen LogP contribution in [0, 0.1) is 13.8 Å². The fourth-order valence-corrected chi connectivity index (χ4v) is 3.06. The summed E-state index contributed by atoms with van der Waals surface area (Å²) >= 11 is 0. The summed E-state index contributed by atoms with van der Waals surface area (Å²) in [6, 6.07) is 3.28. The zero-order chi connectivity index (χ0) is 14.9. The molecule has 0 radical (unpaired) electrons. The number of aryl methyl sites for hydroxylation is 3. The maximum atomic E-state index is 11.5. The van der Waals surface area contributed by atoms with Crippen molar-refractivity contribution in [2.24, 2.45) is 12.2 Å². The fraction of sp³-hybridized carbons (Fsp3) is 0.333. The molecule has 0 aliphatic carbocycles. The van der Waals surface area contributed by atoms with Gasteiger partial charge in [-0.2, -0.15) is 5.10 Å². The van der Waals surface area contributed by atoms with Crippen molar-refractivity contribution in [3.8, 4) is 5.75 Å². The van der Waals surface area contributed by atoms with Gasteiger partial charge in [0.25, 0.3) is 0 Å². The van der Waals surface area contributed by atoms with Gasteiger partial charge in [-0.15, -0.1) is 0 Å². The van der Waals surface area contributed by atoms with Crippen molar-refractivity contribution >= 4 is 10.0 Å². The van der Waals surface area contributed by atoms with Gasteiger partial charge in [-0.25, -0.2) is 18.5 Å². The molecule has 0 aliphatic rings. The minimum absolute atomic E-state index is 0.142. The lowest BCUT2D eigenvalue weighted by Crippen LogP contribution is -2.15. The SMILES string of the molecule is Cc1cc(OCc2ncnn2C)cc(C)c1S(N)(=O)=O. The molecule has 0 spiro atoms. The number of aromatic nitrogens is 3. The maximum Gasteiger partial charge on any atom is 0.238 e. The quantitative estimate of drug-likeness (QED) is 0.893. The van der Waals surface area contributed by atoms with Crippen LogP contribution in [0.25, 0.3) is 0 Å². The largest absolute Gasteiger partial charge is 0.486 e. The first kappa shape index (κ1) is 14.5. The van der Waals surface area contributed by atoms with Crippen LogP contribution in [0.3, 0.4) is 0 Å². The first-order chi connectivity index (χ1) is 9.29. The van der Waals surface area contributed by atoms with E-state index in [-0.39, 0.29) is 11.5 Å². The molecule has 2 N–H and O–H groups in total. The molecule has 108 valence electrons.